The van der Waals surface area contributed by atoms with Crippen LogP contribution in [-0.4, -0.2) is 76.7 Å². The summed E-state index contributed by atoms with van der Waals surface area (Å²) in [5, 5.41) is 7.47. The van der Waals surface area contributed by atoms with Crippen LogP contribution < -0.4 is 15.6 Å². The highest BCUT2D eigenvalue weighted by Gasteiger charge is 2.26. The fourth-order valence-electron chi connectivity index (χ4n) is 3.56. The first-order valence-electron chi connectivity index (χ1n) is 10.7. The van der Waals surface area contributed by atoms with Crippen LogP contribution in [-0.2, 0) is 19.5 Å². The Morgan fingerprint density at radius 3 is 2.15 bits per heavy atom. The van der Waals surface area contributed by atoms with Crippen molar-refractivity contribution in [3.8, 4) is 0 Å². The third-order valence-corrected chi connectivity index (χ3v) is 7.48. The van der Waals surface area contributed by atoms with E-state index in [1.165, 1.54) is 9.99 Å². The lowest BCUT2D eigenvalue weighted by atomic mass is 10.2. The van der Waals surface area contributed by atoms with Crippen LogP contribution in [0.3, 0.4) is 0 Å². The molecule has 0 unspecified atom stereocenters. The minimum Gasteiger partial charge on any atom is -0.379 e. The van der Waals surface area contributed by atoms with Crippen molar-refractivity contribution in [2.24, 2.45) is 5.10 Å². The number of sulfonamides is 1. The van der Waals surface area contributed by atoms with E-state index >= 15 is 0 Å². The van der Waals surface area contributed by atoms with Gasteiger partial charge in [-0.25, -0.2) is 8.42 Å². The van der Waals surface area contributed by atoms with E-state index in [1.54, 1.807) is 30.5 Å². The fraction of sp³-hybridized carbons (Fsp3) is 0.364. The van der Waals surface area contributed by atoms with Crippen molar-refractivity contribution in [3.05, 3.63) is 54.1 Å². The van der Waals surface area contributed by atoms with E-state index in [0.29, 0.717) is 37.1 Å². The van der Waals surface area contributed by atoms with Gasteiger partial charge in [0.2, 0.25) is 10.0 Å². The zero-order chi connectivity index (χ0) is 23.1. The number of thiocarbonyl (C=S) groups is 1. The van der Waals surface area contributed by atoms with E-state index in [1.807, 2.05) is 12.1 Å². The Morgan fingerprint density at radius 2 is 1.52 bits per heavy atom. The first-order valence-corrected chi connectivity index (χ1v) is 12.6. The molecule has 2 heterocycles. The van der Waals surface area contributed by atoms with E-state index in [4.69, 9.17) is 21.7 Å². The molecule has 0 amide bonds. The average Bonchev–Trinajstić information content (AvgIpc) is 2.86. The molecule has 2 aliphatic heterocycles. The largest absolute Gasteiger partial charge is 0.379 e. The predicted molar refractivity (Wildman–Crippen MR) is 132 cm³/mol. The van der Waals surface area contributed by atoms with Gasteiger partial charge in [-0.15, -0.1) is 0 Å². The zero-order valence-electron chi connectivity index (χ0n) is 18.1. The van der Waals surface area contributed by atoms with Crippen LogP contribution in [0.1, 0.15) is 5.56 Å². The van der Waals surface area contributed by atoms with Gasteiger partial charge in [0.05, 0.1) is 37.5 Å². The molecule has 2 saturated heterocycles. The summed E-state index contributed by atoms with van der Waals surface area (Å²) in [5.41, 5.74) is 5.55. The first-order chi connectivity index (χ1) is 16.0. The Labute approximate surface area is 199 Å². The number of morpholine rings is 2. The molecule has 0 spiro atoms. The van der Waals surface area contributed by atoms with Crippen molar-refractivity contribution >= 4 is 44.9 Å². The molecule has 0 bridgehead atoms. The van der Waals surface area contributed by atoms with Gasteiger partial charge in [0.1, 0.15) is 0 Å². The van der Waals surface area contributed by atoms with Crippen LogP contribution in [0.4, 0.5) is 11.4 Å². The summed E-state index contributed by atoms with van der Waals surface area (Å²) in [6, 6.07) is 14.6. The maximum Gasteiger partial charge on any atom is 0.243 e. The molecule has 0 aliphatic carbocycles. The molecule has 0 atom stereocenters. The second-order valence-corrected chi connectivity index (χ2v) is 9.90. The van der Waals surface area contributed by atoms with Gasteiger partial charge in [-0.1, -0.05) is 12.1 Å². The van der Waals surface area contributed by atoms with Crippen LogP contribution in [0.5, 0.6) is 0 Å². The highest BCUT2D eigenvalue weighted by Crippen LogP contribution is 2.19. The Morgan fingerprint density at radius 1 is 0.909 bits per heavy atom. The van der Waals surface area contributed by atoms with Crippen molar-refractivity contribution in [1.82, 2.24) is 9.73 Å². The number of nitrogens with zero attached hydrogens (tertiary/aromatic N) is 3. The van der Waals surface area contributed by atoms with E-state index in [2.05, 4.69) is 32.9 Å². The Bertz CT molecular complexity index is 1060. The highest BCUT2D eigenvalue weighted by molar-refractivity contribution is 7.89. The number of hydrogen-bond acceptors (Lipinski definition) is 7. The molecule has 2 aliphatic rings. The lowest BCUT2D eigenvalue weighted by molar-refractivity contribution is 0.0730. The number of hydrazone groups is 1. The van der Waals surface area contributed by atoms with Gasteiger partial charge in [0, 0.05) is 37.6 Å². The zero-order valence-corrected chi connectivity index (χ0v) is 19.8. The Hall–Kier alpha value is -2.57. The van der Waals surface area contributed by atoms with Crippen LogP contribution in [0.15, 0.2) is 58.5 Å². The van der Waals surface area contributed by atoms with E-state index in [-0.39, 0.29) is 4.90 Å². The molecule has 0 aromatic heterocycles. The summed E-state index contributed by atoms with van der Waals surface area (Å²) in [5.74, 6) is 0. The van der Waals surface area contributed by atoms with Crippen LogP contribution >= 0.6 is 12.2 Å². The molecule has 9 nitrogen and oxygen atoms in total. The van der Waals surface area contributed by atoms with Gasteiger partial charge in [0.15, 0.2) is 5.11 Å². The molecule has 2 fully saturated rings. The summed E-state index contributed by atoms with van der Waals surface area (Å²) >= 11 is 5.27. The Balaban J connectivity index is 1.27. The number of nitrogens with one attached hydrogen (secondary N) is 2. The van der Waals surface area contributed by atoms with Gasteiger partial charge in [-0.3, -0.25) is 5.43 Å². The average molecular weight is 490 g/mol. The van der Waals surface area contributed by atoms with Gasteiger partial charge in [-0.05, 0) is 54.2 Å². The van der Waals surface area contributed by atoms with Crippen molar-refractivity contribution in [2.75, 3.05) is 62.8 Å². The standard InChI is InChI=1S/C22H27N5O4S2/c28-33(29,27-11-15-31-16-12-27)21-7-3-19(4-8-21)24-22(32)25-23-17-18-1-5-20(6-2-18)26-9-13-30-14-10-26/h1-8,17H,9-16H2,(H2,24,25,32)/b23-17+. The van der Waals surface area contributed by atoms with Gasteiger partial charge in [-0.2, -0.15) is 9.41 Å². The smallest absolute Gasteiger partial charge is 0.243 e. The van der Waals surface area contributed by atoms with Crippen LogP contribution in [0, 0.1) is 0 Å². The molecule has 0 radical (unpaired) electrons. The highest BCUT2D eigenvalue weighted by atomic mass is 32.2. The predicted octanol–water partition coefficient (Wildman–Crippen LogP) is 1.86. The SMILES string of the molecule is O=S(=O)(c1ccc(NC(=S)N/N=C/c2ccc(N3CCOCC3)cc2)cc1)N1CCOCC1. The molecule has 11 heteroatoms. The second-order valence-electron chi connectivity index (χ2n) is 7.56. The number of rotatable bonds is 6. The summed E-state index contributed by atoms with van der Waals surface area (Å²) in [6.45, 7) is 4.86. The number of ether oxygens (including phenoxy) is 2. The number of anilines is 2. The van der Waals surface area contributed by atoms with Gasteiger partial charge < -0.3 is 19.7 Å². The Kier molecular flexibility index (Phi) is 7.89. The lowest BCUT2D eigenvalue weighted by Crippen LogP contribution is -2.40. The molecule has 0 saturated carbocycles. The van der Waals surface area contributed by atoms with Crippen molar-refractivity contribution in [2.45, 2.75) is 4.90 Å². The minimum atomic E-state index is -3.52. The van der Waals surface area contributed by atoms with Crippen molar-refractivity contribution in [1.29, 1.82) is 0 Å². The number of hydrogen-bond donors (Lipinski definition) is 2. The molecular formula is C22H27N5O4S2. The molecule has 2 N–H and O–H groups in total. The molecule has 2 aromatic rings. The molecule has 33 heavy (non-hydrogen) atoms. The maximum atomic E-state index is 12.7. The third kappa shape index (κ3) is 6.27. The molecule has 2 aromatic carbocycles. The second kappa shape index (κ2) is 11.0. The van der Waals surface area contributed by atoms with E-state index < -0.39 is 10.0 Å². The quantitative estimate of drug-likeness (QED) is 0.361. The monoisotopic (exact) mass is 489 g/mol. The van der Waals surface area contributed by atoms with Crippen molar-refractivity contribution < 1.29 is 17.9 Å². The summed E-state index contributed by atoms with van der Waals surface area (Å²) in [4.78, 5) is 2.53. The van der Waals surface area contributed by atoms with Crippen LogP contribution in [0.25, 0.3) is 0 Å². The van der Waals surface area contributed by atoms with Crippen molar-refractivity contribution in [3.63, 3.8) is 0 Å². The van der Waals surface area contributed by atoms with Gasteiger partial charge in [0.25, 0.3) is 0 Å². The lowest BCUT2D eigenvalue weighted by Gasteiger charge is -2.28. The third-order valence-electron chi connectivity index (χ3n) is 5.37. The fourth-order valence-corrected chi connectivity index (χ4v) is 5.14. The van der Waals surface area contributed by atoms with E-state index in [0.717, 1.165) is 31.9 Å². The summed E-state index contributed by atoms with van der Waals surface area (Å²) in [7, 11) is -3.52. The molecule has 4 rings (SSSR count). The number of benzene rings is 2. The first kappa shape index (κ1) is 23.6. The molecular weight excluding hydrogens is 462 g/mol. The summed E-state index contributed by atoms with van der Waals surface area (Å²) in [6.07, 6.45) is 1.69. The normalized spacial score (nSPS) is 17.8. The molecule has 176 valence electrons. The van der Waals surface area contributed by atoms with E-state index in [9.17, 15) is 8.42 Å². The minimum absolute atomic E-state index is 0.243. The topological polar surface area (TPSA) is 95.5 Å². The maximum absolute atomic E-state index is 12.7. The van der Waals surface area contributed by atoms with Crippen LogP contribution in [0.2, 0.25) is 0 Å². The summed E-state index contributed by atoms with van der Waals surface area (Å²) < 4.78 is 37.4. The van der Waals surface area contributed by atoms with Gasteiger partial charge >= 0.3 is 0 Å².